The van der Waals surface area contributed by atoms with Crippen LogP contribution in [-0.2, 0) is 24.2 Å². The molecule has 3 aromatic carbocycles. The molecule has 0 saturated heterocycles. The number of rotatable bonds is 8. The molecular formula is C30H30F4O. The fraction of sp³-hybridized carbons (Fsp3) is 0.333. The molecule has 1 nitrogen and oxygen atoms in total. The third-order valence-corrected chi connectivity index (χ3v) is 6.75. The van der Waals surface area contributed by atoms with Crippen molar-refractivity contribution in [1.29, 1.82) is 0 Å². The second-order valence-corrected chi connectivity index (χ2v) is 9.24. The van der Waals surface area contributed by atoms with Crippen molar-refractivity contribution in [1.82, 2.24) is 0 Å². The highest BCUT2D eigenvalue weighted by Crippen LogP contribution is 2.33. The first-order valence-corrected chi connectivity index (χ1v) is 12.2. The molecule has 3 aromatic rings. The number of halogens is 4. The van der Waals surface area contributed by atoms with Crippen LogP contribution >= 0.6 is 0 Å². The van der Waals surface area contributed by atoms with Crippen LogP contribution in [0.3, 0.4) is 0 Å². The number of hydrogen-bond donors (Lipinski definition) is 0. The zero-order valence-corrected chi connectivity index (χ0v) is 20.1. The van der Waals surface area contributed by atoms with Gasteiger partial charge in [0.2, 0.25) is 0 Å². The summed E-state index contributed by atoms with van der Waals surface area (Å²) in [4.78, 5) is 0. The monoisotopic (exact) mass is 482 g/mol. The van der Waals surface area contributed by atoms with Crippen molar-refractivity contribution in [3.63, 3.8) is 0 Å². The molecule has 1 atom stereocenters. The quantitative estimate of drug-likeness (QED) is 0.293. The summed E-state index contributed by atoms with van der Waals surface area (Å²) >= 11 is 0. The van der Waals surface area contributed by atoms with Gasteiger partial charge in [-0.05, 0) is 67.2 Å². The number of benzene rings is 3. The first kappa shape index (κ1) is 25.2. The van der Waals surface area contributed by atoms with Crippen LogP contribution in [0.15, 0.2) is 54.6 Å². The van der Waals surface area contributed by atoms with Crippen LogP contribution < -0.4 is 0 Å². The van der Waals surface area contributed by atoms with Gasteiger partial charge < -0.3 is 4.74 Å². The Kier molecular flexibility index (Phi) is 8.07. The van der Waals surface area contributed by atoms with Crippen LogP contribution in [0.2, 0.25) is 0 Å². The average molecular weight is 483 g/mol. The topological polar surface area (TPSA) is 9.23 Å². The van der Waals surface area contributed by atoms with Gasteiger partial charge in [0.1, 0.15) is 0 Å². The molecule has 35 heavy (non-hydrogen) atoms. The first-order chi connectivity index (χ1) is 16.9. The number of allylic oxidation sites excluding steroid dienone is 2. The summed E-state index contributed by atoms with van der Waals surface area (Å²) in [6.45, 7) is 4.39. The van der Waals surface area contributed by atoms with E-state index in [1.807, 2.05) is 6.08 Å². The normalized spacial score (nSPS) is 15.8. The smallest absolute Gasteiger partial charge is 0.167 e. The van der Waals surface area contributed by atoms with E-state index in [9.17, 15) is 17.6 Å². The van der Waals surface area contributed by atoms with Gasteiger partial charge in [0.15, 0.2) is 23.3 Å². The zero-order chi connectivity index (χ0) is 24.9. The van der Waals surface area contributed by atoms with Crippen LogP contribution in [0.5, 0.6) is 0 Å². The van der Waals surface area contributed by atoms with Crippen molar-refractivity contribution in [3.8, 4) is 11.1 Å². The van der Waals surface area contributed by atoms with Gasteiger partial charge in [-0.1, -0.05) is 61.5 Å². The number of hydrogen-bond acceptors (Lipinski definition) is 1. The summed E-state index contributed by atoms with van der Waals surface area (Å²) in [5.74, 6) is -2.80. The van der Waals surface area contributed by atoms with Crippen LogP contribution in [0.1, 0.15) is 55.4 Å². The van der Waals surface area contributed by atoms with Gasteiger partial charge >= 0.3 is 0 Å². The second-order valence-electron chi connectivity index (χ2n) is 9.24. The van der Waals surface area contributed by atoms with Crippen molar-refractivity contribution in [3.05, 3.63) is 100 Å². The molecule has 0 fully saturated rings. The Hall–Kier alpha value is -2.92. The molecule has 0 radical (unpaired) electrons. The van der Waals surface area contributed by atoms with E-state index in [1.165, 1.54) is 6.07 Å². The Morgan fingerprint density at radius 3 is 2.11 bits per heavy atom. The predicted molar refractivity (Wildman–Crippen MR) is 132 cm³/mol. The summed E-state index contributed by atoms with van der Waals surface area (Å²) in [6, 6.07) is 13.5. The first-order valence-electron chi connectivity index (χ1n) is 12.2. The van der Waals surface area contributed by atoms with E-state index < -0.39 is 23.3 Å². The fourth-order valence-corrected chi connectivity index (χ4v) is 4.51. The van der Waals surface area contributed by atoms with E-state index in [4.69, 9.17) is 4.74 Å². The van der Waals surface area contributed by atoms with Crippen molar-refractivity contribution in [2.75, 3.05) is 6.61 Å². The molecule has 0 N–H and O–H groups in total. The van der Waals surface area contributed by atoms with Crippen molar-refractivity contribution >= 4 is 5.57 Å². The molecular weight excluding hydrogens is 452 g/mol. The summed E-state index contributed by atoms with van der Waals surface area (Å²) in [6.07, 6.45) is 5.51. The fourth-order valence-electron chi connectivity index (χ4n) is 4.51. The lowest BCUT2D eigenvalue weighted by Crippen LogP contribution is -2.05. The third kappa shape index (κ3) is 5.67. The maximum atomic E-state index is 14.8. The Morgan fingerprint density at radius 2 is 1.43 bits per heavy atom. The van der Waals surface area contributed by atoms with Gasteiger partial charge in [-0.2, -0.15) is 0 Å². The lowest BCUT2D eigenvalue weighted by atomic mass is 9.87. The van der Waals surface area contributed by atoms with Crippen LogP contribution in [0, 0.1) is 29.2 Å². The molecule has 4 rings (SSSR count). The number of ether oxygens (including phenoxy) is 1. The molecule has 5 heteroatoms. The van der Waals surface area contributed by atoms with Gasteiger partial charge in [0, 0.05) is 23.3 Å². The summed E-state index contributed by atoms with van der Waals surface area (Å²) in [5, 5.41) is 0. The standard InChI is InChI=1S/C30H30F4O/c1-3-35-18-24-15-17-26(30(34)28(24)32)22-11-6-20(7-12-22)8-13-23-14-16-25(29(33)27(23)31)21-9-4-19(2)5-10-21/h6-7,9,11-12,14-17,19H,3-5,8,10,13,18H2,1-2H3. The molecule has 0 spiro atoms. The van der Waals surface area contributed by atoms with Crippen LogP contribution in [-0.4, -0.2) is 6.61 Å². The number of aryl methyl sites for hydroxylation is 2. The summed E-state index contributed by atoms with van der Waals surface area (Å²) in [7, 11) is 0. The van der Waals surface area contributed by atoms with Gasteiger partial charge in [-0.15, -0.1) is 0 Å². The Bertz CT molecular complexity index is 1210. The lowest BCUT2D eigenvalue weighted by molar-refractivity contribution is 0.131. The van der Waals surface area contributed by atoms with Crippen LogP contribution in [0.25, 0.3) is 16.7 Å². The third-order valence-electron chi connectivity index (χ3n) is 6.75. The molecule has 0 heterocycles. The van der Waals surface area contributed by atoms with E-state index in [1.54, 1.807) is 49.4 Å². The van der Waals surface area contributed by atoms with E-state index >= 15 is 0 Å². The zero-order valence-electron chi connectivity index (χ0n) is 20.1. The maximum absolute atomic E-state index is 14.8. The molecule has 1 aliphatic carbocycles. The van der Waals surface area contributed by atoms with E-state index in [0.717, 1.165) is 30.4 Å². The van der Waals surface area contributed by atoms with E-state index in [0.29, 0.717) is 42.1 Å². The summed E-state index contributed by atoms with van der Waals surface area (Å²) < 4.78 is 63.7. The Balaban J connectivity index is 1.45. The highest BCUT2D eigenvalue weighted by Gasteiger charge is 2.19. The van der Waals surface area contributed by atoms with Crippen molar-refractivity contribution < 1.29 is 22.3 Å². The Labute approximate surface area is 204 Å². The molecule has 1 aliphatic rings. The molecule has 1 unspecified atom stereocenters. The van der Waals surface area contributed by atoms with Gasteiger partial charge in [-0.25, -0.2) is 17.6 Å². The minimum absolute atomic E-state index is 0.0212. The molecule has 0 bridgehead atoms. The minimum atomic E-state index is -0.907. The van der Waals surface area contributed by atoms with E-state index in [-0.39, 0.29) is 17.7 Å². The van der Waals surface area contributed by atoms with Gasteiger partial charge in [0.05, 0.1) is 6.61 Å². The SMILES string of the molecule is CCOCc1ccc(-c2ccc(CCc3ccc(C4=CCC(C)CC4)c(F)c3F)cc2)c(F)c1F. The molecule has 0 aliphatic heterocycles. The lowest BCUT2D eigenvalue weighted by Gasteiger charge is -2.19. The largest absolute Gasteiger partial charge is 0.377 e. The molecule has 0 saturated carbocycles. The minimum Gasteiger partial charge on any atom is -0.377 e. The highest BCUT2D eigenvalue weighted by molar-refractivity contribution is 5.67. The van der Waals surface area contributed by atoms with Crippen molar-refractivity contribution in [2.45, 2.75) is 52.6 Å². The highest BCUT2D eigenvalue weighted by atomic mass is 19.2. The van der Waals surface area contributed by atoms with Crippen molar-refractivity contribution in [2.24, 2.45) is 5.92 Å². The molecule has 184 valence electrons. The van der Waals surface area contributed by atoms with E-state index in [2.05, 4.69) is 6.92 Å². The average Bonchev–Trinajstić information content (AvgIpc) is 2.87. The van der Waals surface area contributed by atoms with Crippen LogP contribution in [0.4, 0.5) is 17.6 Å². The molecule has 0 amide bonds. The second kappa shape index (κ2) is 11.2. The Morgan fingerprint density at radius 1 is 0.771 bits per heavy atom. The molecule has 0 aromatic heterocycles. The predicted octanol–water partition coefficient (Wildman–Crippen LogP) is 8.44. The summed E-state index contributed by atoms with van der Waals surface area (Å²) in [5.41, 5.74) is 3.38. The van der Waals surface area contributed by atoms with Gasteiger partial charge in [-0.3, -0.25) is 0 Å². The maximum Gasteiger partial charge on any atom is 0.167 e. The van der Waals surface area contributed by atoms with Gasteiger partial charge in [0.25, 0.3) is 0 Å².